The van der Waals surface area contributed by atoms with Crippen LogP contribution in [0.25, 0.3) is 0 Å². The number of hydrogen-bond acceptors (Lipinski definition) is 1. The maximum Gasteiger partial charge on any atom is 0.338 e. The fraction of sp³-hybridized carbons (Fsp3) is 1.00. The number of fused-ring (bicyclic) bond motifs is 2. The van der Waals surface area contributed by atoms with E-state index in [-0.39, 0.29) is 0 Å². The van der Waals surface area contributed by atoms with Gasteiger partial charge in [0.1, 0.15) is 0 Å². The SMILES string of the molecule is OCC12C(F)(F)C(F)C(F)(F)C(F)(C(F)(F)C(F)(C(F)F)C1(F)F)C2(F)F. The molecule has 27 heavy (non-hydrogen) atoms. The normalized spacial score (nSPS) is 46.3. The Labute approximate surface area is 138 Å². The van der Waals surface area contributed by atoms with Gasteiger partial charge in [-0.15, -0.1) is 0 Å². The molecule has 1 nitrogen and oxygen atoms in total. The van der Waals surface area contributed by atoms with E-state index in [0.717, 1.165) is 0 Å². The molecule has 16 heteroatoms. The first-order valence-corrected chi connectivity index (χ1v) is 6.46. The Bertz CT molecular complexity index is 636. The van der Waals surface area contributed by atoms with Crippen molar-refractivity contribution >= 4 is 0 Å². The third-order valence-electron chi connectivity index (χ3n) is 5.05. The molecule has 0 heterocycles. The van der Waals surface area contributed by atoms with Crippen molar-refractivity contribution < 1.29 is 71.0 Å². The monoisotopic (exact) mass is 438 g/mol. The third kappa shape index (κ3) is 1.55. The van der Waals surface area contributed by atoms with Crippen LogP contribution in [0.5, 0.6) is 0 Å². The Morgan fingerprint density at radius 1 is 0.667 bits per heavy atom. The van der Waals surface area contributed by atoms with Crippen LogP contribution in [0, 0.1) is 5.41 Å². The summed E-state index contributed by atoms with van der Waals surface area (Å²) < 4.78 is 206. The Morgan fingerprint density at radius 2 is 1.07 bits per heavy atom. The van der Waals surface area contributed by atoms with Crippen LogP contribution in [0.1, 0.15) is 0 Å². The van der Waals surface area contributed by atoms with Crippen molar-refractivity contribution in [2.45, 2.75) is 53.5 Å². The highest BCUT2D eigenvalue weighted by atomic mass is 19.3. The van der Waals surface area contributed by atoms with E-state index in [1.807, 2.05) is 0 Å². The summed E-state index contributed by atoms with van der Waals surface area (Å²) in [5.74, 6) is -37.2. The smallest absolute Gasteiger partial charge is 0.338 e. The maximum atomic E-state index is 14.3. The molecular weight excluding hydrogens is 433 g/mol. The standard InChI is InChI=1S/C11H5F15O/c12-2-6(16,17)4(1-27)9(21,22)5(15,3(13)14)11(25,26)8(20,7(2,18)19)10(4,23)24/h2-3,27H,1H2. The summed E-state index contributed by atoms with van der Waals surface area (Å²) in [6.07, 6.45) is -11.9. The van der Waals surface area contributed by atoms with E-state index in [1.54, 1.807) is 0 Å². The van der Waals surface area contributed by atoms with E-state index in [0.29, 0.717) is 0 Å². The molecule has 2 aliphatic carbocycles. The molecule has 160 valence electrons. The first kappa shape index (κ1) is 22.2. The molecule has 2 bridgehead atoms. The molecule has 2 fully saturated rings. The van der Waals surface area contributed by atoms with E-state index < -0.39 is 65.6 Å². The molecule has 0 radical (unpaired) electrons. The van der Waals surface area contributed by atoms with Gasteiger partial charge in [-0.1, -0.05) is 0 Å². The summed E-state index contributed by atoms with van der Waals surface area (Å²) >= 11 is 0. The van der Waals surface area contributed by atoms with E-state index in [9.17, 15) is 65.9 Å². The molecule has 4 unspecified atom stereocenters. The van der Waals surface area contributed by atoms with Crippen LogP contribution in [0.15, 0.2) is 0 Å². The second-order valence-corrected chi connectivity index (χ2v) is 6.07. The molecule has 2 saturated carbocycles. The zero-order valence-electron chi connectivity index (χ0n) is 12.0. The van der Waals surface area contributed by atoms with Crippen LogP contribution in [0.2, 0.25) is 0 Å². The third-order valence-corrected chi connectivity index (χ3v) is 5.05. The lowest BCUT2D eigenvalue weighted by Gasteiger charge is -2.66. The van der Waals surface area contributed by atoms with Crippen molar-refractivity contribution in [2.75, 3.05) is 6.61 Å². The van der Waals surface area contributed by atoms with Crippen LogP contribution < -0.4 is 0 Å². The highest BCUT2D eigenvalue weighted by Crippen LogP contribution is 2.81. The highest BCUT2D eigenvalue weighted by molar-refractivity contribution is 5.41. The van der Waals surface area contributed by atoms with Gasteiger partial charge in [-0.3, -0.25) is 0 Å². The molecular formula is C11H5F15O. The molecule has 4 atom stereocenters. The van der Waals surface area contributed by atoms with E-state index in [2.05, 4.69) is 0 Å². The predicted molar refractivity (Wildman–Crippen MR) is 52.8 cm³/mol. The van der Waals surface area contributed by atoms with Crippen molar-refractivity contribution in [1.29, 1.82) is 0 Å². The molecule has 0 amide bonds. The number of halogens is 15. The summed E-state index contributed by atoms with van der Waals surface area (Å²) in [5, 5.41) is 8.61. The van der Waals surface area contributed by atoms with Crippen LogP contribution in [0.4, 0.5) is 65.9 Å². The van der Waals surface area contributed by atoms with Crippen molar-refractivity contribution in [3.8, 4) is 0 Å². The van der Waals surface area contributed by atoms with E-state index in [4.69, 9.17) is 5.11 Å². The van der Waals surface area contributed by atoms with Crippen LogP contribution in [-0.4, -0.2) is 65.3 Å². The minimum atomic E-state index is -7.80. The highest BCUT2D eigenvalue weighted by Gasteiger charge is 3.10. The second-order valence-electron chi connectivity index (χ2n) is 6.07. The zero-order valence-corrected chi connectivity index (χ0v) is 12.0. The van der Waals surface area contributed by atoms with Gasteiger partial charge in [0.15, 0.2) is 5.41 Å². The minimum Gasteiger partial charge on any atom is -0.395 e. The number of alkyl halides is 15. The number of rotatable bonds is 2. The topological polar surface area (TPSA) is 20.2 Å². The van der Waals surface area contributed by atoms with Gasteiger partial charge in [0.2, 0.25) is 6.17 Å². The summed E-state index contributed by atoms with van der Waals surface area (Å²) in [4.78, 5) is 0. The molecule has 2 rings (SSSR count). The Hall–Kier alpha value is -1.09. The Kier molecular flexibility index (Phi) is 4.03. The van der Waals surface area contributed by atoms with Gasteiger partial charge in [0, 0.05) is 0 Å². The maximum absolute atomic E-state index is 14.3. The molecule has 1 N–H and O–H groups in total. The molecule has 0 saturated heterocycles. The van der Waals surface area contributed by atoms with Crippen molar-refractivity contribution in [3.05, 3.63) is 0 Å². The lowest BCUT2D eigenvalue weighted by atomic mass is 9.47. The number of aliphatic hydroxyl groups excluding tert-OH is 1. The number of hydrogen-bond donors (Lipinski definition) is 1. The quantitative estimate of drug-likeness (QED) is 0.642. The summed E-state index contributed by atoms with van der Waals surface area (Å²) in [5.41, 5.74) is -21.8. The van der Waals surface area contributed by atoms with E-state index >= 15 is 0 Å². The van der Waals surface area contributed by atoms with Gasteiger partial charge in [0.05, 0.1) is 6.61 Å². The average Bonchev–Trinajstić information content (AvgIpc) is 2.49. The number of aliphatic hydroxyl groups is 1. The van der Waals surface area contributed by atoms with Gasteiger partial charge < -0.3 is 5.11 Å². The molecule has 0 aromatic rings. The van der Waals surface area contributed by atoms with Crippen LogP contribution in [0.3, 0.4) is 0 Å². The molecule has 0 aromatic heterocycles. The lowest BCUT2D eigenvalue weighted by molar-refractivity contribution is -0.536. The Balaban J connectivity index is 3.21. The Morgan fingerprint density at radius 3 is 1.41 bits per heavy atom. The fourth-order valence-electron chi connectivity index (χ4n) is 3.48. The fourth-order valence-corrected chi connectivity index (χ4v) is 3.48. The predicted octanol–water partition coefficient (Wildman–Crippen LogP) is 4.19. The lowest BCUT2D eigenvalue weighted by Crippen LogP contribution is -2.97. The zero-order chi connectivity index (χ0) is 21.9. The minimum absolute atomic E-state index is 3.71. The summed E-state index contributed by atoms with van der Waals surface area (Å²) in [6, 6.07) is 0. The second kappa shape index (κ2) is 4.90. The molecule has 0 aliphatic heterocycles. The summed E-state index contributed by atoms with van der Waals surface area (Å²) in [7, 11) is 0. The van der Waals surface area contributed by atoms with Crippen LogP contribution in [-0.2, 0) is 0 Å². The molecule has 0 aromatic carbocycles. The molecule has 2 aliphatic rings. The van der Waals surface area contributed by atoms with Gasteiger partial charge in [0.25, 0.3) is 6.43 Å². The first-order chi connectivity index (χ1) is 11.7. The van der Waals surface area contributed by atoms with Crippen molar-refractivity contribution in [1.82, 2.24) is 0 Å². The summed E-state index contributed by atoms with van der Waals surface area (Å²) in [6.45, 7) is -3.71. The largest absolute Gasteiger partial charge is 0.395 e. The average molecular weight is 438 g/mol. The van der Waals surface area contributed by atoms with Gasteiger partial charge in [-0.05, 0) is 0 Å². The van der Waals surface area contributed by atoms with Gasteiger partial charge in [-0.25, -0.2) is 48.3 Å². The molecule has 0 spiro atoms. The first-order valence-electron chi connectivity index (χ1n) is 6.46. The van der Waals surface area contributed by atoms with Gasteiger partial charge in [-0.2, -0.15) is 17.6 Å². The van der Waals surface area contributed by atoms with Gasteiger partial charge >= 0.3 is 41.0 Å². The van der Waals surface area contributed by atoms with Crippen LogP contribution >= 0.6 is 0 Å². The van der Waals surface area contributed by atoms with Crippen molar-refractivity contribution in [2.24, 2.45) is 5.41 Å². The van der Waals surface area contributed by atoms with Crippen molar-refractivity contribution in [3.63, 3.8) is 0 Å². The van der Waals surface area contributed by atoms with E-state index in [1.165, 1.54) is 0 Å².